The van der Waals surface area contributed by atoms with Gasteiger partial charge in [-0.3, -0.25) is 9.59 Å². The summed E-state index contributed by atoms with van der Waals surface area (Å²) in [5.74, 6) is 0.409. The second-order valence-electron chi connectivity index (χ2n) is 7.67. The van der Waals surface area contributed by atoms with Crippen molar-refractivity contribution in [1.29, 1.82) is 0 Å². The molecule has 0 spiro atoms. The molecule has 0 amide bonds. The number of rotatable bonds is 3. The van der Waals surface area contributed by atoms with E-state index in [9.17, 15) is 14.7 Å². The average molecular weight is 510 g/mol. The van der Waals surface area contributed by atoms with Crippen LogP contribution in [0.4, 0.5) is 0 Å². The first-order valence-corrected chi connectivity index (χ1v) is 12.1. The Morgan fingerprint density at radius 3 is 2.13 bits per heavy atom. The van der Waals surface area contributed by atoms with Crippen molar-refractivity contribution in [3.05, 3.63) is 124 Å². The van der Waals surface area contributed by atoms with Gasteiger partial charge in [-0.2, -0.15) is 0 Å². The predicted molar refractivity (Wildman–Crippen MR) is 152 cm³/mol. The first kappa shape index (κ1) is 29.3. The Labute approximate surface area is 222 Å². The Kier molecular flexibility index (Phi) is 11.8. The highest BCUT2D eigenvalue weighted by Crippen LogP contribution is 2.40. The van der Waals surface area contributed by atoms with Crippen LogP contribution in [0.25, 0.3) is 38.3 Å². The van der Waals surface area contributed by atoms with Crippen molar-refractivity contribution in [2.24, 2.45) is 0 Å². The van der Waals surface area contributed by atoms with E-state index >= 15 is 0 Å². The van der Waals surface area contributed by atoms with Gasteiger partial charge in [0.15, 0.2) is 5.43 Å². The van der Waals surface area contributed by atoms with Gasteiger partial charge < -0.3 is 19.1 Å². The van der Waals surface area contributed by atoms with E-state index in [-0.39, 0.29) is 17.1 Å². The van der Waals surface area contributed by atoms with Crippen LogP contribution in [-0.4, -0.2) is 18.1 Å². The second-order valence-corrected chi connectivity index (χ2v) is 7.67. The first-order chi connectivity index (χ1) is 18.4. The van der Waals surface area contributed by atoms with Crippen LogP contribution in [0.2, 0.25) is 0 Å². The van der Waals surface area contributed by atoms with Gasteiger partial charge in [-0.05, 0) is 35.4 Å². The molecule has 0 unspecified atom stereocenters. The molecule has 1 heterocycles. The molecule has 0 fully saturated rings. The zero-order chi connectivity index (χ0) is 27.9. The summed E-state index contributed by atoms with van der Waals surface area (Å²) in [5.41, 5.74) is 4.38. The third-order valence-electron chi connectivity index (χ3n) is 5.02. The highest BCUT2D eigenvalue weighted by molar-refractivity contribution is 6.02. The normalized spacial score (nSPS) is 9.45. The number of carbonyl (C=O) groups is 1. The van der Waals surface area contributed by atoms with Crippen LogP contribution in [0.15, 0.2) is 106 Å². The van der Waals surface area contributed by atoms with Gasteiger partial charge in [0.25, 0.3) is 0 Å². The number of fused-ring (bicyclic) bond motifs is 2. The van der Waals surface area contributed by atoms with E-state index in [4.69, 9.17) is 15.7 Å². The largest absolute Gasteiger partial charge is 0.508 e. The Balaban J connectivity index is 0.000000267. The van der Waals surface area contributed by atoms with E-state index in [1.54, 1.807) is 18.2 Å². The molecule has 3 aromatic rings. The van der Waals surface area contributed by atoms with Crippen LogP contribution in [0.5, 0.6) is 5.75 Å². The molecule has 0 bridgehead atoms. The zero-order valence-electron chi connectivity index (χ0n) is 22.0. The van der Waals surface area contributed by atoms with Crippen molar-refractivity contribution in [3.63, 3.8) is 0 Å². The standard InChI is InChI=1S/C19H12O3.C9H10O2.C2H3N.C2H6/c20-13-6-8-15-17(10-13)22-18-11-14(21)7-9-16(18)19(15)12-4-2-1-3-5-12;1-8(10)11-7-9-5-3-2-4-6-9;1-3-2;1-2/h1-11,20H;2-6H,7H2,1H3;1H3;1-2H3. The average Bonchev–Trinajstić information content (AvgIpc) is 2.93. The maximum Gasteiger partial charge on any atom is 0.302 e. The van der Waals surface area contributed by atoms with Crippen molar-refractivity contribution in [2.75, 3.05) is 7.05 Å². The molecule has 0 saturated carbocycles. The van der Waals surface area contributed by atoms with E-state index in [1.807, 2.05) is 80.6 Å². The fourth-order valence-electron chi connectivity index (χ4n) is 3.53. The molecule has 38 heavy (non-hydrogen) atoms. The fraction of sp³-hybridized carbons (Fsp3) is 0.156. The van der Waals surface area contributed by atoms with Gasteiger partial charge in [-0.25, -0.2) is 6.57 Å². The maximum absolute atomic E-state index is 11.6. The van der Waals surface area contributed by atoms with Gasteiger partial charge in [0.1, 0.15) is 23.7 Å². The molecule has 3 aromatic carbocycles. The zero-order valence-corrected chi connectivity index (χ0v) is 22.0. The minimum atomic E-state index is -0.242. The summed E-state index contributed by atoms with van der Waals surface area (Å²) in [4.78, 5) is 24.8. The van der Waals surface area contributed by atoms with Crippen molar-refractivity contribution >= 4 is 16.9 Å². The van der Waals surface area contributed by atoms with E-state index in [2.05, 4.69) is 4.85 Å². The number of phenols is 1. The Hall–Kier alpha value is -4.89. The number of hydrogen-bond acceptors (Lipinski definition) is 5. The molecule has 194 valence electrons. The second kappa shape index (κ2) is 15.3. The number of nitrogens with zero attached hydrogens (tertiary/aromatic N) is 1. The maximum atomic E-state index is 11.6. The molecular weight excluding hydrogens is 478 g/mol. The molecule has 0 aromatic heterocycles. The summed E-state index contributed by atoms with van der Waals surface area (Å²) in [6.45, 7) is 11.6. The fourth-order valence-corrected chi connectivity index (χ4v) is 3.53. The molecule has 0 atom stereocenters. The van der Waals surface area contributed by atoms with Crippen LogP contribution in [0, 0.1) is 6.57 Å². The number of phenolic OH excluding ortho intramolecular Hbond substituents is 1. The van der Waals surface area contributed by atoms with Crippen molar-refractivity contribution < 1.29 is 19.1 Å². The summed E-state index contributed by atoms with van der Waals surface area (Å²) >= 11 is 0. The molecule has 1 N–H and O–H groups in total. The van der Waals surface area contributed by atoms with E-state index in [1.165, 1.54) is 26.1 Å². The van der Waals surface area contributed by atoms with Crippen LogP contribution in [0.1, 0.15) is 26.3 Å². The number of esters is 1. The topological polar surface area (TPSA) is 81.1 Å². The van der Waals surface area contributed by atoms with Crippen LogP contribution in [-0.2, 0) is 16.1 Å². The molecule has 0 radical (unpaired) electrons. The van der Waals surface area contributed by atoms with Crippen LogP contribution in [0.3, 0.4) is 0 Å². The van der Waals surface area contributed by atoms with Crippen LogP contribution < -0.4 is 5.43 Å². The number of ether oxygens (including phenoxy) is 1. The smallest absolute Gasteiger partial charge is 0.302 e. The molecule has 6 nitrogen and oxygen atoms in total. The highest BCUT2D eigenvalue weighted by Gasteiger charge is 2.17. The summed E-state index contributed by atoms with van der Waals surface area (Å²) in [6, 6.07) is 29.4. The molecule has 1 aliphatic carbocycles. The molecule has 5 rings (SSSR count). The lowest BCUT2D eigenvalue weighted by Crippen LogP contribution is -1.99. The van der Waals surface area contributed by atoms with Gasteiger partial charge in [0.2, 0.25) is 7.05 Å². The summed E-state index contributed by atoms with van der Waals surface area (Å²) in [5, 5.41) is 10.6. The third-order valence-corrected chi connectivity index (χ3v) is 5.02. The van der Waals surface area contributed by atoms with Crippen molar-refractivity contribution in [3.8, 4) is 28.2 Å². The van der Waals surface area contributed by atoms with E-state index in [0.717, 1.165) is 27.6 Å². The lowest BCUT2D eigenvalue weighted by molar-refractivity contribution is -0.142. The Morgan fingerprint density at radius 1 is 0.921 bits per heavy atom. The first-order valence-electron chi connectivity index (χ1n) is 12.1. The molecule has 6 heteroatoms. The number of carbonyl (C=O) groups excluding carboxylic acids is 1. The van der Waals surface area contributed by atoms with Gasteiger partial charge >= 0.3 is 5.97 Å². The Morgan fingerprint density at radius 2 is 1.53 bits per heavy atom. The third kappa shape index (κ3) is 8.35. The minimum Gasteiger partial charge on any atom is -0.508 e. The lowest BCUT2D eigenvalue weighted by atomic mass is 9.94. The number of benzene rings is 4. The summed E-state index contributed by atoms with van der Waals surface area (Å²) < 4.78 is 10.6. The molecule has 0 saturated heterocycles. The van der Waals surface area contributed by atoms with Gasteiger partial charge in [-0.15, -0.1) is 0 Å². The highest BCUT2D eigenvalue weighted by atomic mass is 16.5. The monoisotopic (exact) mass is 509 g/mol. The van der Waals surface area contributed by atoms with Gasteiger partial charge in [-0.1, -0.05) is 74.5 Å². The SMILES string of the molecule is CC.CC(=O)OCc1ccccc1.O=c1ccc2c(-c3ccccc3)c3ccc(O)cc3oc-2c1.[C-]#[N+]C. The van der Waals surface area contributed by atoms with Gasteiger partial charge in [0, 0.05) is 35.6 Å². The van der Waals surface area contributed by atoms with E-state index in [0.29, 0.717) is 18.0 Å². The Bertz CT molecular complexity index is 1500. The van der Waals surface area contributed by atoms with Gasteiger partial charge in [0.05, 0.1) is 0 Å². The van der Waals surface area contributed by atoms with Crippen molar-refractivity contribution in [2.45, 2.75) is 27.4 Å². The number of hydrogen-bond donors (Lipinski definition) is 1. The summed E-state index contributed by atoms with van der Waals surface area (Å²) in [7, 11) is 1.42. The number of aromatic hydroxyl groups is 1. The molecular formula is C32H31NO5. The predicted octanol–water partition coefficient (Wildman–Crippen LogP) is 7.58. The van der Waals surface area contributed by atoms with E-state index < -0.39 is 0 Å². The lowest BCUT2D eigenvalue weighted by Gasteiger charge is -2.14. The molecule has 1 aliphatic heterocycles. The van der Waals surface area contributed by atoms with Crippen LogP contribution >= 0.6 is 0 Å². The minimum absolute atomic E-state index is 0.102. The summed E-state index contributed by atoms with van der Waals surface area (Å²) in [6.07, 6.45) is 0. The quantitative estimate of drug-likeness (QED) is 0.154. The van der Waals surface area contributed by atoms with Crippen molar-refractivity contribution in [1.82, 2.24) is 0 Å². The molecule has 2 aliphatic rings.